The lowest BCUT2D eigenvalue weighted by atomic mass is 10.2. The highest BCUT2D eigenvalue weighted by Gasteiger charge is 2.32. The van der Waals surface area contributed by atoms with Crippen LogP contribution >= 0.6 is 0 Å². The molecule has 1 aliphatic rings. The molecular weight excluding hydrogens is 285 g/mol. The first-order chi connectivity index (χ1) is 9.85. The minimum atomic E-state index is -4.83. The standard InChI is InChI=1S/C13H15F3N4O/c14-13(15,16)21-11-5-9(7-20-12(11)18)10(17)3-4-19-6-8-1-2-8/h3-5,7-8H,1-2,6,17H2,(H2,18,20). The van der Waals surface area contributed by atoms with Crippen LogP contribution in [0.25, 0.3) is 5.70 Å². The lowest BCUT2D eigenvalue weighted by Crippen LogP contribution is -2.18. The van der Waals surface area contributed by atoms with Crippen molar-refractivity contribution in [3.63, 3.8) is 0 Å². The van der Waals surface area contributed by atoms with Crippen LogP contribution in [-0.4, -0.2) is 24.1 Å². The molecule has 1 aliphatic carbocycles. The maximum Gasteiger partial charge on any atom is 0.573 e. The summed E-state index contributed by atoms with van der Waals surface area (Å²) >= 11 is 0. The Bertz CT molecular complexity index is 565. The number of nitrogens with two attached hydrogens (primary N) is 2. The van der Waals surface area contributed by atoms with E-state index in [9.17, 15) is 13.2 Å². The third kappa shape index (κ3) is 4.97. The Morgan fingerprint density at radius 3 is 2.81 bits per heavy atom. The molecule has 1 aromatic heterocycles. The zero-order chi connectivity index (χ0) is 15.5. The zero-order valence-electron chi connectivity index (χ0n) is 11.1. The Morgan fingerprint density at radius 1 is 1.48 bits per heavy atom. The van der Waals surface area contributed by atoms with Gasteiger partial charge in [-0.05, 0) is 30.9 Å². The first kappa shape index (κ1) is 15.1. The van der Waals surface area contributed by atoms with Gasteiger partial charge < -0.3 is 16.2 Å². The van der Waals surface area contributed by atoms with Gasteiger partial charge in [0.15, 0.2) is 11.6 Å². The van der Waals surface area contributed by atoms with Gasteiger partial charge in [-0.3, -0.25) is 4.99 Å². The van der Waals surface area contributed by atoms with E-state index < -0.39 is 12.1 Å². The number of hydrogen-bond acceptors (Lipinski definition) is 5. The van der Waals surface area contributed by atoms with Crippen molar-refractivity contribution in [1.29, 1.82) is 0 Å². The van der Waals surface area contributed by atoms with Crippen molar-refractivity contribution >= 4 is 17.7 Å². The number of allylic oxidation sites excluding steroid dienone is 1. The van der Waals surface area contributed by atoms with E-state index >= 15 is 0 Å². The number of aliphatic imine (C=N–C) groups is 1. The first-order valence-corrected chi connectivity index (χ1v) is 6.32. The van der Waals surface area contributed by atoms with Crippen molar-refractivity contribution in [2.75, 3.05) is 12.3 Å². The van der Waals surface area contributed by atoms with Crippen LogP contribution in [0.1, 0.15) is 18.4 Å². The lowest BCUT2D eigenvalue weighted by molar-refractivity contribution is -0.274. The minimum Gasteiger partial charge on any atom is -0.402 e. The molecule has 0 unspecified atom stereocenters. The van der Waals surface area contributed by atoms with Gasteiger partial charge in [0.05, 0.1) is 0 Å². The SMILES string of the molecule is NC(=CC=NCC1CC1)c1cnc(N)c(OC(F)(F)F)c1. The normalized spacial score (nSPS) is 16.4. The van der Waals surface area contributed by atoms with Crippen molar-refractivity contribution in [1.82, 2.24) is 4.98 Å². The van der Waals surface area contributed by atoms with Gasteiger partial charge in [-0.15, -0.1) is 13.2 Å². The molecule has 0 bridgehead atoms. The predicted molar refractivity (Wildman–Crippen MR) is 73.6 cm³/mol. The molecule has 4 N–H and O–H groups in total. The summed E-state index contributed by atoms with van der Waals surface area (Å²) < 4.78 is 40.4. The average Bonchev–Trinajstić information content (AvgIpc) is 3.19. The number of ether oxygens (including phenoxy) is 1. The summed E-state index contributed by atoms with van der Waals surface area (Å²) in [5.41, 5.74) is 11.6. The summed E-state index contributed by atoms with van der Waals surface area (Å²) in [7, 11) is 0. The van der Waals surface area contributed by atoms with E-state index in [-0.39, 0.29) is 17.1 Å². The van der Waals surface area contributed by atoms with Gasteiger partial charge in [0.2, 0.25) is 0 Å². The van der Waals surface area contributed by atoms with Crippen LogP contribution in [0.5, 0.6) is 5.75 Å². The van der Waals surface area contributed by atoms with Crippen molar-refractivity contribution in [2.24, 2.45) is 16.6 Å². The van der Waals surface area contributed by atoms with Crippen LogP contribution in [0.2, 0.25) is 0 Å². The number of rotatable bonds is 5. The second kappa shape index (κ2) is 6.02. The van der Waals surface area contributed by atoms with Crippen molar-refractivity contribution in [3.8, 4) is 5.75 Å². The van der Waals surface area contributed by atoms with Gasteiger partial charge in [0.25, 0.3) is 0 Å². The minimum absolute atomic E-state index is 0.231. The Kier molecular flexibility index (Phi) is 4.35. The van der Waals surface area contributed by atoms with Crippen LogP contribution in [0.4, 0.5) is 19.0 Å². The Balaban J connectivity index is 2.09. The van der Waals surface area contributed by atoms with E-state index in [0.29, 0.717) is 5.92 Å². The number of nitrogen functional groups attached to an aromatic ring is 1. The summed E-state index contributed by atoms with van der Waals surface area (Å²) in [5, 5.41) is 0. The lowest BCUT2D eigenvalue weighted by Gasteiger charge is -2.11. The first-order valence-electron chi connectivity index (χ1n) is 6.32. The fourth-order valence-corrected chi connectivity index (χ4v) is 1.56. The predicted octanol–water partition coefficient (Wildman–Crippen LogP) is 2.34. The van der Waals surface area contributed by atoms with Gasteiger partial charge in [0, 0.05) is 30.2 Å². The molecule has 1 aromatic rings. The third-order valence-corrected chi connectivity index (χ3v) is 2.86. The quantitative estimate of drug-likeness (QED) is 0.817. The average molecular weight is 300 g/mol. The van der Waals surface area contributed by atoms with Crippen LogP contribution < -0.4 is 16.2 Å². The number of nitrogens with zero attached hydrogens (tertiary/aromatic N) is 2. The van der Waals surface area contributed by atoms with Crippen molar-refractivity contribution in [2.45, 2.75) is 19.2 Å². The number of anilines is 1. The van der Waals surface area contributed by atoms with E-state index in [4.69, 9.17) is 11.5 Å². The molecule has 0 radical (unpaired) electrons. The van der Waals surface area contributed by atoms with Crippen molar-refractivity contribution in [3.05, 3.63) is 23.9 Å². The topological polar surface area (TPSA) is 86.5 Å². The second-order valence-electron chi connectivity index (χ2n) is 4.73. The molecule has 0 aromatic carbocycles. The monoisotopic (exact) mass is 300 g/mol. The molecule has 8 heteroatoms. The van der Waals surface area contributed by atoms with Crippen LogP contribution in [0.15, 0.2) is 23.3 Å². The molecule has 114 valence electrons. The molecule has 0 saturated heterocycles. The summed E-state index contributed by atoms with van der Waals surface area (Å²) in [6, 6.07) is 1.09. The molecule has 0 amide bonds. The van der Waals surface area contributed by atoms with Crippen LogP contribution in [0.3, 0.4) is 0 Å². The zero-order valence-corrected chi connectivity index (χ0v) is 11.1. The third-order valence-electron chi connectivity index (χ3n) is 2.86. The fourth-order valence-electron chi connectivity index (χ4n) is 1.56. The maximum absolute atomic E-state index is 12.2. The highest BCUT2D eigenvalue weighted by molar-refractivity contribution is 5.83. The van der Waals surface area contributed by atoms with Gasteiger partial charge >= 0.3 is 6.36 Å². The van der Waals surface area contributed by atoms with E-state index in [0.717, 1.165) is 12.6 Å². The number of aromatic nitrogens is 1. The smallest absolute Gasteiger partial charge is 0.402 e. The van der Waals surface area contributed by atoms with Gasteiger partial charge in [-0.25, -0.2) is 4.98 Å². The Morgan fingerprint density at radius 2 is 2.19 bits per heavy atom. The van der Waals surface area contributed by atoms with E-state index in [1.165, 1.54) is 31.3 Å². The number of hydrogen-bond donors (Lipinski definition) is 2. The number of pyridine rings is 1. The second-order valence-corrected chi connectivity index (χ2v) is 4.73. The molecule has 5 nitrogen and oxygen atoms in total. The molecule has 0 spiro atoms. The molecule has 1 heterocycles. The molecule has 1 saturated carbocycles. The summed E-state index contributed by atoms with van der Waals surface area (Å²) in [6.07, 6.45) is 1.87. The molecule has 0 aliphatic heterocycles. The summed E-state index contributed by atoms with van der Waals surface area (Å²) in [6.45, 7) is 0.742. The Labute approximate surface area is 119 Å². The summed E-state index contributed by atoms with van der Waals surface area (Å²) in [4.78, 5) is 7.80. The number of halogens is 3. The van der Waals surface area contributed by atoms with Gasteiger partial charge in [-0.2, -0.15) is 0 Å². The molecule has 1 fully saturated rings. The number of alkyl halides is 3. The highest BCUT2D eigenvalue weighted by atomic mass is 19.4. The van der Waals surface area contributed by atoms with Crippen LogP contribution in [-0.2, 0) is 0 Å². The molecule has 0 atom stereocenters. The van der Waals surface area contributed by atoms with E-state index in [1.54, 1.807) is 0 Å². The largest absolute Gasteiger partial charge is 0.573 e. The summed E-state index contributed by atoms with van der Waals surface area (Å²) in [5.74, 6) is -0.279. The van der Waals surface area contributed by atoms with Gasteiger partial charge in [-0.1, -0.05) is 0 Å². The molecule has 2 rings (SSSR count). The van der Waals surface area contributed by atoms with Gasteiger partial charge in [0.1, 0.15) is 0 Å². The van der Waals surface area contributed by atoms with E-state index in [1.807, 2.05) is 0 Å². The maximum atomic E-state index is 12.2. The van der Waals surface area contributed by atoms with Crippen molar-refractivity contribution < 1.29 is 17.9 Å². The van der Waals surface area contributed by atoms with Crippen LogP contribution in [0, 0.1) is 5.92 Å². The molecular formula is C13H15F3N4O. The fraction of sp³-hybridized carbons (Fsp3) is 0.385. The Hall–Kier alpha value is -2.25. The van der Waals surface area contributed by atoms with E-state index in [2.05, 4.69) is 14.7 Å². The highest BCUT2D eigenvalue weighted by Crippen LogP contribution is 2.29. The molecule has 21 heavy (non-hydrogen) atoms.